The second-order valence-corrected chi connectivity index (χ2v) is 3.57. The van der Waals surface area contributed by atoms with Crippen LogP contribution in [0.25, 0.3) is 0 Å². The Morgan fingerprint density at radius 2 is 2.20 bits per heavy atom. The molecule has 0 aliphatic rings. The van der Waals surface area contributed by atoms with Gasteiger partial charge in [-0.1, -0.05) is 6.92 Å². The maximum atomic E-state index is 10.3. The van der Waals surface area contributed by atoms with E-state index in [1.54, 1.807) is 4.68 Å². The highest BCUT2D eigenvalue weighted by molar-refractivity contribution is 5.66. The Hall–Kier alpha value is -1.39. The number of aliphatic carboxylic acids is 1. The van der Waals surface area contributed by atoms with Crippen LogP contribution >= 0.6 is 0 Å². The molecular weight excluding hydrogens is 194 g/mol. The van der Waals surface area contributed by atoms with Gasteiger partial charge >= 0.3 is 5.97 Å². The summed E-state index contributed by atoms with van der Waals surface area (Å²) in [5.74, 6) is 0.968. The summed E-state index contributed by atoms with van der Waals surface area (Å²) >= 11 is 0. The first-order chi connectivity index (χ1) is 7.13. The molecule has 0 fully saturated rings. The van der Waals surface area contributed by atoms with Crippen LogP contribution in [0.2, 0.25) is 0 Å². The highest BCUT2D eigenvalue weighted by Gasteiger charge is 2.06. The minimum atomic E-state index is -0.758. The van der Waals surface area contributed by atoms with Crippen molar-refractivity contribution in [2.75, 3.05) is 0 Å². The number of carboxylic acid groups (broad SMARTS) is 1. The third kappa shape index (κ3) is 3.69. The molecule has 0 aliphatic carbocycles. The van der Waals surface area contributed by atoms with Crippen molar-refractivity contribution in [1.82, 2.24) is 14.8 Å². The summed E-state index contributed by atoms with van der Waals surface area (Å²) in [6, 6.07) is 0. The second kappa shape index (κ2) is 5.48. The fourth-order valence-electron chi connectivity index (χ4n) is 1.42. The van der Waals surface area contributed by atoms with E-state index in [-0.39, 0.29) is 6.42 Å². The SMILES string of the molecule is CCCc1nc(CCCC(=O)O)n(C)n1. The minimum Gasteiger partial charge on any atom is -0.481 e. The van der Waals surface area contributed by atoms with E-state index in [0.717, 1.165) is 24.5 Å². The molecule has 5 nitrogen and oxygen atoms in total. The van der Waals surface area contributed by atoms with Crippen LogP contribution in [-0.4, -0.2) is 25.8 Å². The number of rotatable bonds is 6. The molecule has 5 heteroatoms. The fraction of sp³-hybridized carbons (Fsp3) is 0.700. The lowest BCUT2D eigenvalue weighted by molar-refractivity contribution is -0.137. The van der Waals surface area contributed by atoms with Crippen molar-refractivity contribution >= 4 is 5.97 Å². The molecule has 0 radical (unpaired) electrons. The molecule has 1 aromatic rings. The van der Waals surface area contributed by atoms with E-state index in [1.165, 1.54) is 0 Å². The number of aryl methyl sites for hydroxylation is 3. The molecule has 1 rings (SSSR count). The number of hydrogen-bond acceptors (Lipinski definition) is 3. The molecule has 0 unspecified atom stereocenters. The van der Waals surface area contributed by atoms with Crippen LogP contribution in [0.5, 0.6) is 0 Å². The Kier molecular flexibility index (Phi) is 4.27. The Labute approximate surface area is 89.1 Å². The van der Waals surface area contributed by atoms with Gasteiger partial charge in [-0.25, -0.2) is 4.98 Å². The first-order valence-corrected chi connectivity index (χ1v) is 5.24. The molecule has 0 bridgehead atoms. The van der Waals surface area contributed by atoms with Crippen molar-refractivity contribution in [2.24, 2.45) is 7.05 Å². The third-order valence-electron chi connectivity index (χ3n) is 2.16. The lowest BCUT2D eigenvalue weighted by Crippen LogP contribution is -2.02. The normalized spacial score (nSPS) is 10.5. The minimum absolute atomic E-state index is 0.190. The summed E-state index contributed by atoms with van der Waals surface area (Å²) in [5.41, 5.74) is 0. The first-order valence-electron chi connectivity index (χ1n) is 5.24. The molecule has 0 spiro atoms. The third-order valence-corrected chi connectivity index (χ3v) is 2.16. The average molecular weight is 211 g/mol. The Bertz CT molecular complexity index is 333. The lowest BCUT2D eigenvalue weighted by atomic mass is 10.2. The topological polar surface area (TPSA) is 68.0 Å². The van der Waals surface area contributed by atoms with Crippen molar-refractivity contribution < 1.29 is 9.90 Å². The van der Waals surface area contributed by atoms with Crippen molar-refractivity contribution in [3.63, 3.8) is 0 Å². The molecule has 1 N–H and O–H groups in total. The first kappa shape index (κ1) is 11.7. The van der Waals surface area contributed by atoms with E-state index >= 15 is 0 Å². The maximum absolute atomic E-state index is 10.3. The Morgan fingerprint density at radius 1 is 1.47 bits per heavy atom. The number of nitrogens with zero attached hydrogens (tertiary/aromatic N) is 3. The van der Waals surface area contributed by atoms with Gasteiger partial charge in [-0.15, -0.1) is 0 Å². The molecule has 0 saturated carbocycles. The summed E-state index contributed by atoms with van der Waals surface area (Å²) in [6.45, 7) is 2.08. The highest BCUT2D eigenvalue weighted by atomic mass is 16.4. The molecule has 15 heavy (non-hydrogen) atoms. The second-order valence-electron chi connectivity index (χ2n) is 3.57. The summed E-state index contributed by atoms with van der Waals surface area (Å²) in [7, 11) is 1.85. The molecule has 0 aromatic carbocycles. The highest BCUT2D eigenvalue weighted by Crippen LogP contribution is 2.04. The lowest BCUT2D eigenvalue weighted by Gasteiger charge is -1.96. The summed E-state index contributed by atoms with van der Waals surface area (Å²) in [4.78, 5) is 14.7. The molecule has 0 aliphatic heterocycles. The summed E-state index contributed by atoms with van der Waals surface area (Å²) in [5, 5.41) is 12.8. The van der Waals surface area contributed by atoms with Crippen LogP contribution in [0.3, 0.4) is 0 Å². The maximum Gasteiger partial charge on any atom is 0.303 e. The smallest absolute Gasteiger partial charge is 0.303 e. The van der Waals surface area contributed by atoms with Crippen LogP contribution in [0.1, 0.15) is 37.8 Å². The van der Waals surface area contributed by atoms with Gasteiger partial charge in [-0.05, 0) is 12.8 Å². The van der Waals surface area contributed by atoms with Crippen LogP contribution in [-0.2, 0) is 24.7 Å². The van der Waals surface area contributed by atoms with Gasteiger partial charge in [0.15, 0.2) is 5.82 Å². The largest absolute Gasteiger partial charge is 0.481 e. The van der Waals surface area contributed by atoms with Gasteiger partial charge in [-0.2, -0.15) is 5.10 Å². The molecule has 0 atom stereocenters. The Morgan fingerprint density at radius 3 is 2.80 bits per heavy atom. The monoisotopic (exact) mass is 211 g/mol. The predicted molar refractivity (Wildman–Crippen MR) is 55.6 cm³/mol. The van der Waals surface area contributed by atoms with Gasteiger partial charge in [0, 0.05) is 26.3 Å². The van der Waals surface area contributed by atoms with Crippen LogP contribution < -0.4 is 0 Å². The van der Waals surface area contributed by atoms with Crippen LogP contribution in [0.15, 0.2) is 0 Å². The fourth-order valence-corrected chi connectivity index (χ4v) is 1.42. The van der Waals surface area contributed by atoms with Crippen molar-refractivity contribution in [2.45, 2.75) is 39.0 Å². The van der Waals surface area contributed by atoms with E-state index in [1.807, 2.05) is 7.05 Å². The van der Waals surface area contributed by atoms with Crippen molar-refractivity contribution in [3.8, 4) is 0 Å². The molecule has 1 heterocycles. The molecule has 1 aromatic heterocycles. The summed E-state index contributed by atoms with van der Waals surface area (Å²) in [6.07, 6.45) is 3.40. The number of carboxylic acids is 1. The molecule has 0 amide bonds. The van der Waals surface area contributed by atoms with Crippen molar-refractivity contribution in [3.05, 3.63) is 11.6 Å². The zero-order valence-electron chi connectivity index (χ0n) is 9.23. The average Bonchev–Trinajstić information content (AvgIpc) is 2.47. The predicted octanol–water partition coefficient (Wildman–Crippen LogP) is 1.17. The van der Waals surface area contributed by atoms with Crippen LogP contribution in [0, 0.1) is 0 Å². The number of carbonyl (C=O) groups is 1. The van der Waals surface area contributed by atoms with Gasteiger partial charge in [-0.3, -0.25) is 9.48 Å². The van der Waals surface area contributed by atoms with Gasteiger partial charge in [0.2, 0.25) is 0 Å². The molecule has 84 valence electrons. The number of hydrogen-bond donors (Lipinski definition) is 1. The zero-order chi connectivity index (χ0) is 11.3. The van der Waals surface area contributed by atoms with E-state index in [9.17, 15) is 4.79 Å². The van der Waals surface area contributed by atoms with Gasteiger partial charge in [0.1, 0.15) is 5.82 Å². The zero-order valence-corrected chi connectivity index (χ0v) is 9.23. The standard InChI is InChI=1S/C10H17N3O2/c1-3-5-8-11-9(13(2)12-8)6-4-7-10(14)15/h3-7H2,1-2H3,(H,14,15). The van der Waals surface area contributed by atoms with Gasteiger partial charge in [0.25, 0.3) is 0 Å². The van der Waals surface area contributed by atoms with Crippen LogP contribution in [0.4, 0.5) is 0 Å². The quantitative estimate of drug-likeness (QED) is 0.767. The van der Waals surface area contributed by atoms with E-state index in [0.29, 0.717) is 12.8 Å². The Balaban J connectivity index is 2.49. The van der Waals surface area contributed by atoms with E-state index in [2.05, 4.69) is 17.0 Å². The van der Waals surface area contributed by atoms with E-state index in [4.69, 9.17) is 5.11 Å². The molecular formula is C10H17N3O2. The number of aromatic nitrogens is 3. The van der Waals surface area contributed by atoms with Gasteiger partial charge in [0.05, 0.1) is 0 Å². The summed E-state index contributed by atoms with van der Waals surface area (Å²) < 4.78 is 1.74. The molecule has 0 saturated heterocycles. The van der Waals surface area contributed by atoms with Gasteiger partial charge < -0.3 is 5.11 Å². The van der Waals surface area contributed by atoms with Crippen molar-refractivity contribution in [1.29, 1.82) is 0 Å². The van der Waals surface area contributed by atoms with E-state index < -0.39 is 5.97 Å².